The fraction of sp³-hybridized carbons (Fsp3) is 0.400. The number of alkyl carbamates (subject to hydrolysis) is 1. The summed E-state index contributed by atoms with van der Waals surface area (Å²) in [7, 11) is 0. The Kier molecular flexibility index (Phi) is 11.4. The highest BCUT2D eigenvalue weighted by molar-refractivity contribution is 5.96. The summed E-state index contributed by atoms with van der Waals surface area (Å²) in [6.45, 7) is 9.48. The molecule has 10 heteroatoms. The molecule has 4 rings (SSSR count). The van der Waals surface area contributed by atoms with Crippen LogP contribution in [0.4, 0.5) is 14.0 Å². The molecule has 3 aromatic carbocycles. The Morgan fingerprint density at radius 1 is 1.00 bits per heavy atom. The Hall–Kier alpha value is -4.60. The van der Waals surface area contributed by atoms with Gasteiger partial charge in [0.15, 0.2) is 0 Å². The number of rotatable bonds is 11. The summed E-state index contributed by atoms with van der Waals surface area (Å²) in [6.07, 6.45) is 0.130. The number of carbonyl (C=O) groups excluding carboxylic acids is 3. The molecular weight excluding hydrogens is 577 g/mol. The number of benzene rings is 3. The number of hydrogen-bond acceptors (Lipinski definition) is 6. The lowest BCUT2D eigenvalue weighted by molar-refractivity contribution is 0.0275. The van der Waals surface area contributed by atoms with E-state index in [2.05, 4.69) is 5.32 Å². The maximum atomic E-state index is 13.8. The summed E-state index contributed by atoms with van der Waals surface area (Å²) in [6, 6.07) is 20.6. The SMILES string of the molecule is CCCN(CCNC(=O)OCc1ccccc1)C(=O)c1ccc(O[C@H]2CCN(C(=O)OC(C)(C)C)C2)c(-c2ccc(F)cc2)c1. The number of nitrogens with zero attached hydrogens (tertiary/aromatic N) is 2. The molecular formula is C35H42FN3O6. The highest BCUT2D eigenvalue weighted by atomic mass is 19.1. The van der Waals surface area contributed by atoms with Gasteiger partial charge >= 0.3 is 12.2 Å². The van der Waals surface area contributed by atoms with E-state index in [9.17, 15) is 18.8 Å². The van der Waals surface area contributed by atoms with E-state index in [1.807, 2.05) is 58.0 Å². The average Bonchev–Trinajstić information content (AvgIpc) is 3.48. The molecule has 0 spiro atoms. The van der Waals surface area contributed by atoms with E-state index in [4.69, 9.17) is 14.2 Å². The monoisotopic (exact) mass is 619 g/mol. The van der Waals surface area contributed by atoms with Crippen molar-refractivity contribution in [1.29, 1.82) is 0 Å². The predicted molar refractivity (Wildman–Crippen MR) is 170 cm³/mol. The van der Waals surface area contributed by atoms with Gasteiger partial charge in [0.25, 0.3) is 5.91 Å². The fourth-order valence-corrected chi connectivity index (χ4v) is 4.95. The van der Waals surface area contributed by atoms with E-state index < -0.39 is 11.7 Å². The Morgan fingerprint density at radius 2 is 1.73 bits per heavy atom. The first-order chi connectivity index (χ1) is 21.5. The number of likely N-dealkylation sites (tertiary alicyclic amines) is 1. The van der Waals surface area contributed by atoms with Gasteiger partial charge in [-0.1, -0.05) is 49.4 Å². The van der Waals surface area contributed by atoms with Crippen LogP contribution in [0, 0.1) is 5.82 Å². The second kappa shape index (κ2) is 15.4. The highest BCUT2D eigenvalue weighted by Crippen LogP contribution is 2.34. The topological polar surface area (TPSA) is 97.4 Å². The predicted octanol–water partition coefficient (Wildman–Crippen LogP) is 6.66. The normalized spacial score (nSPS) is 14.5. The number of carbonyl (C=O) groups is 3. The first-order valence-corrected chi connectivity index (χ1v) is 15.3. The van der Waals surface area contributed by atoms with Gasteiger partial charge in [0.2, 0.25) is 0 Å². The number of ether oxygens (including phenoxy) is 3. The van der Waals surface area contributed by atoms with Crippen LogP contribution in [-0.2, 0) is 16.1 Å². The maximum Gasteiger partial charge on any atom is 0.410 e. The van der Waals surface area contributed by atoms with Crippen LogP contribution in [0.1, 0.15) is 56.5 Å². The minimum Gasteiger partial charge on any atom is -0.488 e. The lowest BCUT2D eigenvalue weighted by Gasteiger charge is -2.25. The summed E-state index contributed by atoms with van der Waals surface area (Å²) >= 11 is 0. The largest absolute Gasteiger partial charge is 0.488 e. The van der Waals surface area contributed by atoms with Crippen LogP contribution < -0.4 is 10.1 Å². The van der Waals surface area contributed by atoms with E-state index in [1.165, 1.54) is 12.1 Å². The molecule has 0 unspecified atom stereocenters. The van der Waals surface area contributed by atoms with Crippen LogP contribution in [0.2, 0.25) is 0 Å². The van der Waals surface area contributed by atoms with Crippen molar-refractivity contribution in [3.05, 3.63) is 89.7 Å². The number of hydrogen-bond donors (Lipinski definition) is 1. The molecule has 1 saturated heterocycles. The third kappa shape index (κ3) is 9.96. The van der Waals surface area contributed by atoms with Crippen LogP contribution in [0.25, 0.3) is 11.1 Å². The molecule has 0 bridgehead atoms. The Bertz CT molecular complexity index is 1440. The fourth-order valence-electron chi connectivity index (χ4n) is 4.95. The van der Waals surface area contributed by atoms with Gasteiger partial charge in [0.05, 0.1) is 6.54 Å². The summed E-state index contributed by atoms with van der Waals surface area (Å²) in [5.74, 6) is -0.0524. The number of halogens is 1. The molecule has 0 aromatic heterocycles. The molecule has 240 valence electrons. The van der Waals surface area contributed by atoms with Gasteiger partial charge in [-0.25, -0.2) is 14.0 Å². The van der Waals surface area contributed by atoms with Crippen LogP contribution in [0.3, 0.4) is 0 Å². The van der Waals surface area contributed by atoms with Gasteiger partial charge in [-0.05, 0) is 68.7 Å². The molecule has 9 nitrogen and oxygen atoms in total. The molecule has 1 N–H and O–H groups in total. The van der Waals surface area contributed by atoms with Gasteiger partial charge in [-0.3, -0.25) is 4.79 Å². The summed E-state index contributed by atoms with van der Waals surface area (Å²) < 4.78 is 30.9. The second-order valence-electron chi connectivity index (χ2n) is 12.0. The molecule has 45 heavy (non-hydrogen) atoms. The van der Waals surface area contributed by atoms with Crippen molar-refractivity contribution in [3.8, 4) is 16.9 Å². The third-order valence-electron chi connectivity index (χ3n) is 7.12. The molecule has 3 amide bonds. The van der Waals surface area contributed by atoms with Crippen molar-refractivity contribution in [3.63, 3.8) is 0 Å². The van der Waals surface area contributed by atoms with Crippen molar-refractivity contribution in [2.75, 3.05) is 32.7 Å². The molecule has 0 radical (unpaired) electrons. The first kappa shape index (κ1) is 33.3. The summed E-state index contributed by atoms with van der Waals surface area (Å²) in [4.78, 5) is 41.7. The standard InChI is InChI=1S/C35H42FN3O6/c1-5-19-38(21-18-37-33(41)43-24-25-9-7-6-8-10-25)32(40)27-13-16-31(30(22-27)26-11-14-28(36)15-12-26)44-29-17-20-39(23-29)34(42)45-35(2,3)4/h6-16,22,29H,5,17-21,23-24H2,1-4H3,(H,37,41)/t29-/m0/s1. The maximum absolute atomic E-state index is 13.8. The molecule has 1 aliphatic rings. The third-order valence-corrected chi connectivity index (χ3v) is 7.12. The van der Waals surface area contributed by atoms with Gasteiger partial charge in [0, 0.05) is 43.7 Å². The Morgan fingerprint density at radius 3 is 2.42 bits per heavy atom. The number of nitrogens with one attached hydrogen (secondary N) is 1. The zero-order valence-electron chi connectivity index (χ0n) is 26.4. The zero-order chi connectivity index (χ0) is 32.4. The Balaban J connectivity index is 1.44. The van der Waals surface area contributed by atoms with Gasteiger partial charge < -0.3 is 29.3 Å². The second-order valence-corrected chi connectivity index (χ2v) is 12.0. The minimum absolute atomic E-state index is 0.157. The van der Waals surface area contributed by atoms with Crippen molar-refractivity contribution in [1.82, 2.24) is 15.1 Å². The van der Waals surface area contributed by atoms with E-state index in [0.717, 1.165) is 12.0 Å². The van der Waals surface area contributed by atoms with Crippen LogP contribution in [-0.4, -0.2) is 72.3 Å². The smallest absolute Gasteiger partial charge is 0.410 e. The highest BCUT2D eigenvalue weighted by Gasteiger charge is 2.31. The van der Waals surface area contributed by atoms with Gasteiger partial charge in [-0.15, -0.1) is 0 Å². The van der Waals surface area contributed by atoms with Crippen LogP contribution in [0.5, 0.6) is 5.75 Å². The van der Waals surface area contributed by atoms with Crippen LogP contribution in [0.15, 0.2) is 72.8 Å². The molecule has 1 aliphatic heterocycles. The van der Waals surface area contributed by atoms with E-state index in [1.54, 1.807) is 40.1 Å². The quantitative estimate of drug-likeness (QED) is 0.258. The van der Waals surface area contributed by atoms with Crippen molar-refractivity contribution < 1.29 is 33.0 Å². The average molecular weight is 620 g/mol. The van der Waals surface area contributed by atoms with E-state index in [-0.39, 0.29) is 37.1 Å². The molecule has 1 fully saturated rings. The van der Waals surface area contributed by atoms with Crippen molar-refractivity contribution in [2.45, 2.75) is 58.8 Å². The molecule has 1 heterocycles. The zero-order valence-corrected chi connectivity index (χ0v) is 26.4. The van der Waals surface area contributed by atoms with Gasteiger partial charge in [0.1, 0.15) is 29.9 Å². The lowest BCUT2D eigenvalue weighted by atomic mass is 10.0. The molecule has 0 aliphatic carbocycles. The van der Waals surface area contributed by atoms with Crippen LogP contribution >= 0.6 is 0 Å². The number of amides is 3. The van der Waals surface area contributed by atoms with Gasteiger partial charge in [-0.2, -0.15) is 0 Å². The summed E-state index contributed by atoms with van der Waals surface area (Å²) in [5.41, 5.74) is 2.04. The lowest BCUT2D eigenvalue weighted by Crippen LogP contribution is -2.39. The van der Waals surface area contributed by atoms with E-state index in [0.29, 0.717) is 55.0 Å². The van der Waals surface area contributed by atoms with Crippen molar-refractivity contribution in [2.24, 2.45) is 0 Å². The van der Waals surface area contributed by atoms with E-state index >= 15 is 0 Å². The molecule has 3 aromatic rings. The van der Waals surface area contributed by atoms with Crippen molar-refractivity contribution >= 4 is 18.1 Å². The molecule has 0 saturated carbocycles. The minimum atomic E-state index is -0.596. The Labute approximate surface area is 264 Å². The first-order valence-electron chi connectivity index (χ1n) is 15.3. The molecule has 1 atom stereocenters. The summed E-state index contributed by atoms with van der Waals surface area (Å²) in [5, 5.41) is 2.72.